The number of Topliss-reactive ketones (excluding diaryl/α,β-unsaturated/α-hetero) is 1. The van der Waals surface area contributed by atoms with E-state index in [0.717, 1.165) is 35.3 Å². The van der Waals surface area contributed by atoms with E-state index in [4.69, 9.17) is 9.47 Å². The Balaban J connectivity index is 1.43. The van der Waals surface area contributed by atoms with Crippen molar-refractivity contribution in [2.24, 2.45) is 5.92 Å². The van der Waals surface area contributed by atoms with Gasteiger partial charge in [0, 0.05) is 25.2 Å². The molecule has 1 N–H and O–H groups in total. The minimum atomic E-state index is -0.619. The summed E-state index contributed by atoms with van der Waals surface area (Å²) in [6, 6.07) is 19.6. The minimum Gasteiger partial charge on any atom is -0.444 e. The van der Waals surface area contributed by atoms with Gasteiger partial charge in [-0.15, -0.1) is 11.3 Å². The van der Waals surface area contributed by atoms with Crippen LogP contribution in [0.5, 0.6) is 0 Å². The molecule has 3 aromatic rings. The van der Waals surface area contributed by atoms with Crippen molar-refractivity contribution in [2.45, 2.75) is 90.0 Å². The maximum atomic E-state index is 13.7. The summed E-state index contributed by atoms with van der Waals surface area (Å²) in [5, 5.41) is 3.07. The molecule has 2 aromatic carbocycles. The van der Waals surface area contributed by atoms with Crippen molar-refractivity contribution < 1.29 is 23.9 Å². The number of likely N-dealkylation sites (tertiary alicyclic amines) is 1. The highest BCUT2D eigenvalue weighted by Gasteiger charge is 2.37. The number of nitrogens with zero attached hydrogens (tertiary/aromatic N) is 2. The second-order valence-corrected chi connectivity index (χ2v) is 13.2. The van der Waals surface area contributed by atoms with Crippen LogP contribution in [-0.2, 0) is 33.7 Å². The number of aromatic nitrogens is 1. The van der Waals surface area contributed by atoms with Crippen LogP contribution in [0.1, 0.15) is 68.9 Å². The maximum absolute atomic E-state index is 13.7. The molecule has 1 aliphatic rings. The zero-order valence-electron chi connectivity index (χ0n) is 25.4. The van der Waals surface area contributed by atoms with Gasteiger partial charge in [-0.1, -0.05) is 60.7 Å². The average molecular weight is 606 g/mol. The molecule has 2 amide bonds. The summed E-state index contributed by atoms with van der Waals surface area (Å²) in [7, 11) is 0. The third-order valence-corrected chi connectivity index (χ3v) is 8.26. The molecule has 230 valence electrons. The number of alkyl carbamates (subject to hydrolysis) is 1. The van der Waals surface area contributed by atoms with Crippen LogP contribution in [0.4, 0.5) is 9.59 Å². The van der Waals surface area contributed by atoms with Gasteiger partial charge in [0.2, 0.25) is 0 Å². The van der Waals surface area contributed by atoms with E-state index < -0.39 is 23.8 Å². The third kappa shape index (κ3) is 10.8. The van der Waals surface area contributed by atoms with Gasteiger partial charge < -0.3 is 14.8 Å². The number of ketones is 1. The van der Waals surface area contributed by atoms with E-state index in [9.17, 15) is 14.4 Å². The molecule has 43 heavy (non-hydrogen) atoms. The summed E-state index contributed by atoms with van der Waals surface area (Å²) in [5.74, 6) is 0.116. The number of amides is 2. The Morgan fingerprint density at radius 3 is 2.30 bits per heavy atom. The highest BCUT2D eigenvalue weighted by molar-refractivity contribution is 7.09. The van der Waals surface area contributed by atoms with Gasteiger partial charge in [0.1, 0.15) is 12.2 Å². The van der Waals surface area contributed by atoms with Crippen LogP contribution in [0, 0.1) is 5.92 Å². The van der Waals surface area contributed by atoms with Gasteiger partial charge in [-0.2, -0.15) is 0 Å². The molecule has 9 heteroatoms. The van der Waals surface area contributed by atoms with E-state index in [2.05, 4.69) is 22.4 Å². The van der Waals surface area contributed by atoms with Crippen LogP contribution in [0.25, 0.3) is 0 Å². The third-order valence-electron chi connectivity index (χ3n) is 7.51. The van der Waals surface area contributed by atoms with E-state index in [-0.39, 0.29) is 24.3 Å². The van der Waals surface area contributed by atoms with Crippen LogP contribution in [0.15, 0.2) is 72.4 Å². The SMILES string of the molecule is CC(C)(C)OC(=O)N1CCC[C@H]1C(=O)C[C@H](CC[C@H](Cc1ccccc1)NC(=O)OCc1cncs1)Cc1ccccc1. The minimum absolute atomic E-state index is 0.0456. The molecule has 8 nitrogen and oxygen atoms in total. The molecule has 1 aliphatic heterocycles. The normalized spacial score (nSPS) is 16.3. The summed E-state index contributed by atoms with van der Waals surface area (Å²) >= 11 is 1.44. The summed E-state index contributed by atoms with van der Waals surface area (Å²) in [6.45, 7) is 6.21. The number of thiazole rings is 1. The van der Waals surface area contributed by atoms with Gasteiger partial charge in [-0.25, -0.2) is 9.59 Å². The number of benzene rings is 2. The molecule has 0 bridgehead atoms. The van der Waals surface area contributed by atoms with Crippen molar-refractivity contribution >= 4 is 29.3 Å². The standard InChI is InChI=1S/C34H43N3O5S/c1-34(2,3)42-33(40)37-18-10-15-30(37)31(38)21-27(19-25-11-6-4-7-12-25)16-17-28(20-26-13-8-5-9-14-26)36-32(39)41-23-29-22-35-24-43-29/h4-9,11-14,22,24,27-28,30H,10,15-21,23H2,1-3H3,(H,36,39)/t27-,28-,30+/m1/s1. The van der Waals surface area contributed by atoms with Crippen molar-refractivity contribution in [1.29, 1.82) is 0 Å². The van der Waals surface area contributed by atoms with Crippen LogP contribution in [0.3, 0.4) is 0 Å². The van der Waals surface area contributed by atoms with Gasteiger partial charge in [0.15, 0.2) is 5.78 Å². The fraction of sp³-hybridized carbons (Fsp3) is 0.471. The van der Waals surface area contributed by atoms with Gasteiger partial charge in [-0.05, 0) is 76.3 Å². The van der Waals surface area contributed by atoms with Crippen molar-refractivity contribution in [3.63, 3.8) is 0 Å². The molecule has 1 saturated heterocycles. The van der Waals surface area contributed by atoms with E-state index in [1.54, 1.807) is 16.6 Å². The first-order valence-electron chi connectivity index (χ1n) is 15.1. The monoisotopic (exact) mass is 605 g/mol. The molecule has 1 aromatic heterocycles. The molecule has 4 rings (SSSR count). The smallest absolute Gasteiger partial charge is 0.410 e. The molecule has 0 aliphatic carbocycles. The first-order chi connectivity index (χ1) is 20.7. The Morgan fingerprint density at radius 2 is 1.67 bits per heavy atom. The topological polar surface area (TPSA) is 97.8 Å². The first kappa shape index (κ1) is 32.2. The highest BCUT2D eigenvalue weighted by atomic mass is 32.1. The Kier molecular flexibility index (Phi) is 11.7. The predicted octanol–water partition coefficient (Wildman–Crippen LogP) is 6.98. The zero-order valence-corrected chi connectivity index (χ0v) is 26.2. The highest BCUT2D eigenvalue weighted by Crippen LogP contribution is 2.27. The Morgan fingerprint density at radius 1 is 1.00 bits per heavy atom. The van der Waals surface area contributed by atoms with E-state index >= 15 is 0 Å². The van der Waals surface area contributed by atoms with Gasteiger partial charge in [-0.3, -0.25) is 14.7 Å². The van der Waals surface area contributed by atoms with E-state index in [0.29, 0.717) is 32.2 Å². The van der Waals surface area contributed by atoms with Crippen molar-refractivity contribution in [2.75, 3.05) is 6.54 Å². The number of nitrogens with one attached hydrogen (secondary N) is 1. The van der Waals surface area contributed by atoms with Gasteiger partial charge >= 0.3 is 12.2 Å². The van der Waals surface area contributed by atoms with Crippen molar-refractivity contribution in [1.82, 2.24) is 15.2 Å². The molecule has 3 atom stereocenters. The lowest BCUT2D eigenvalue weighted by molar-refractivity contribution is -0.124. The Bertz CT molecular complexity index is 1290. The largest absolute Gasteiger partial charge is 0.444 e. The fourth-order valence-corrected chi connectivity index (χ4v) is 6.01. The molecule has 0 spiro atoms. The van der Waals surface area contributed by atoms with Crippen LogP contribution < -0.4 is 5.32 Å². The van der Waals surface area contributed by atoms with E-state index in [1.807, 2.05) is 69.3 Å². The summed E-state index contributed by atoms with van der Waals surface area (Å²) < 4.78 is 11.1. The molecule has 0 unspecified atom stereocenters. The Labute approximate surface area is 258 Å². The van der Waals surface area contributed by atoms with Crippen molar-refractivity contribution in [3.05, 3.63) is 88.4 Å². The summed E-state index contributed by atoms with van der Waals surface area (Å²) in [5.41, 5.74) is 3.37. The molecule has 0 radical (unpaired) electrons. The average Bonchev–Trinajstić information content (AvgIpc) is 3.68. The number of hydrogen-bond acceptors (Lipinski definition) is 7. The molecular weight excluding hydrogens is 562 g/mol. The van der Waals surface area contributed by atoms with Crippen LogP contribution >= 0.6 is 11.3 Å². The number of ether oxygens (including phenoxy) is 2. The second kappa shape index (κ2) is 15.7. The zero-order chi connectivity index (χ0) is 30.7. The lowest BCUT2D eigenvalue weighted by atomic mass is 9.86. The van der Waals surface area contributed by atoms with Gasteiger partial charge in [0.25, 0.3) is 0 Å². The number of carbonyl (C=O) groups is 3. The molecule has 2 heterocycles. The summed E-state index contributed by atoms with van der Waals surface area (Å²) in [4.78, 5) is 45.8. The van der Waals surface area contributed by atoms with Crippen LogP contribution in [0.2, 0.25) is 0 Å². The Hall–Kier alpha value is -3.72. The molecule has 0 saturated carbocycles. The molecular formula is C34H43N3O5S. The molecule has 1 fully saturated rings. The lowest BCUT2D eigenvalue weighted by Crippen LogP contribution is -2.44. The first-order valence-corrected chi connectivity index (χ1v) is 15.9. The number of hydrogen-bond donors (Lipinski definition) is 1. The quantitative estimate of drug-likeness (QED) is 0.226. The fourth-order valence-electron chi connectivity index (χ4n) is 5.50. The predicted molar refractivity (Wildman–Crippen MR) is 168 cm³/mol. The number of carbonyl (C=O) groups excluding carboxylic acids is 3. The van der Waals surface area contributed by atoms with Gasteiger partial charge in [0.05, 0.1) is 16.4 Å². The number of rotatable bonds is 13. The van der Waals surface area contributed by atoms with Crippen LogP contribution in [-0.4, -0.2) is 52.1 Å². The second-order valence-electron chi connectivity index (χ2n) is 12.2. The lowest BCUT2D eigenvalue weighted by Gasteiger charge is -2.29. The summed E-state index contributed by atoms with van der Waals surface area (Å²) in [6.07, 6.45) is 5.38. The van der Waals surface area contributed by atoms with Crippen molar-refractivity contribution in [3.8, 4) is 0 Å². The maximum Gasteiger partial charge on any atom is 0.410 e. The van der Waals surface area contributed by atoms with E-state index in [1.165, 1.54) is 11.3 Å².